The van der Waals surface area contributed by atoms with Gasteiger partial charge in [0, 0.05) is 13.0 Å². The molecule has 2 amide bonds. The van der Waals surface area contributed by atoms with Gasteiger partial charge in [-0.15, -0.1) is 0 Å². The number of aromatic nitrogens is 2. The zero-order valence-corrected chi connectivity index (χ0v) is 13.7. The van der Waals surface area contributed by atoms with Gasteiger partial charge in [-0.25, -0.2) is 0 Å². The highest BCUT2D eigenvalue weighted by Crippen LogP contribution is 2.49. The molecule has 8 heteroatoms. The Balaban J connectivity index is 1.66. The molecular weight excluding hydrogens is 312 g/mol. The number of amides is 2. The van der Waals surface area contributed by atoms with Crippen LogP contribution in [0.5, 0.6) is 0 Å². The monoisotopic (exact) mass is 332 g/mol. The molecule has 0 bridgehead atoms. The zero-order chi connectivity index (χ0) is 17.1. The second kappa shape index (κ2) is 5.14. The number of nitrogens with zero attached hydrogens (tertiary/aromatic N) is 3. The topological polar surface area (TPSA) is 95.6 Å². The Morgan fingerprint density at radius 1 is 1.42 bits per heavy atom. The third kappa shape index (κ3) is 1.95. The van der Waals surface area contributed by atoms with Crippen molar-refractivity contribution in [1.82, 2.24) is 19.8 Å². The maximum absolute atomic E-state index is 12.8. The lowest BCUT2D eigenvalue weighted by Gasteiger charge is -2.34. The van der Waals surface area contributed by atoms with Crippen LogP contribution in [-0.4, -0.2) is 62.5 Å². The van der Waals surface area contributed by atoms with Crippen LogP contribution in [-0.2, 0) is 9.53 Å². The van der Waals surface area contributed by atoms with Gasteiger partial charge in [-0.1, -0.05) is 13.8 Å². The van der Waals surface area contributed by atoms with Crippen LogP contribution in [0.1, 0.15) is 37.2 Å². The minimum Gasteiger partial charge on any atom is -0.351 e. The molecule has 1 N–H and O–H groups in total. The molecule has 1 aromatic heterocycles. The number of nitrogens with one attached hydrogen (secondary N) is 1. The summed E-state index contributed by atoms with van der Waals surface area (Å²) in [5, 5.41) is 0. The van der Waals surface area contributed by atoms with Crippen LogP contribution in [0, 0.1) is 5.92 Å². The van der Waals surface area contributed by atoms with Crippen LogP contribution in [0.25, 0.3) is 0 Å². The van der Waals surface area contributed by atoms with Crippen molar-refractivity contribution in [1.29, 1.82) is 0 Å². The van der Waals surface area contributed by atoms with Gasteiger partial charge >= 0.3 is 0 Å². The van der Waals surface area contributed by atoms with Crippen molar-refractivity contribution in [2.24, 2.45) is 5.92 Å². The summed E-state index contributed by atoms with van der Waals surface area (Å²) >= 11 is 0. The summed E-state index contributed by atoms with van der Waals surface area (Å²) in [7, 11) is 0. The van der Waals surface area contributed by atoms with Crippen LogP contribution >= 0.6 is 0 Å². The highest BCUT2D eigenvalue weighted by molar-refractivity contribution is 5.94. The van der Waals surface area contributed by atoms with Gasteiger partial charge in [0.15, 0.2) is 5.72 Å². The first-order valence-corrected chi connectivity index (χ1v) is 8.25. The number of carbonyl (C=O) groups is 2. The highest BCUT2D eigenvalue weighted by atomic mass is 16.5. The second-order valence-corrected chi connectivity index (χ2v) is 7.01. The predicted molar refractivity (Wildman–Crippen MR) is 83.1 cm³/mol. The van der Waals surface area contributed by atoms with Gasteiger partial charge in [0.1, 0.15) is 5.69 Å². The molecule has 0 saturated carbocycles. The average Bonchev–Trinajstić information content (AvgIpc) is 3.16. The fraction of sp³-hybridized carbons (Fsp3) is 0.625. The fourth-order valence-corrected chi connectivity index (χ4v) is 4.25. The molecule has 3 aliphatic heterocycles. The molecule has 1 aromatic rings. The Morgan fingerprint density at radius 2 is 2.21 bits per heavy atom. The lowest BCUT2D eigenvalue weighted by molar-refractivity contribution is -0.139. The van der Waals surface area contributed by atoms with Crippen LogP contribution in [0.2, 0.25) is 0 Å². The van der Waals surface area contributed by atoms with E-state index in [1.165, 1.54) is 6.20 Å². The molecule has 3 saturated heterocycles. The molecule has 128 valence electrons. The number of H-pyrrole nitrogens is 1. The summed E-state index contributed by atoms with van der Waals surface area (Å²) in [6.07, 6.45) is 3.33. The van der Waals surface area contributed by atoms with E-state index in [-0.39, 0.29) is 36.0 Å². The Hall–Kier alpha value is -2.22. The van der Waals surface area contributed by atoms with Crippen molar-refractivity contribution in [3.05, 3.63) is 28.4 Å². The smallest absolute Gasteiger partial charge is 0.272 e. The molecule has 4 heterocycles. The normalized spacial score (nSPS) is 31.7. The first-order chi connectivity index (χ1) is 11.4. The van der Waals surface area contributed by atoms with E-state index < -0.39 is 11.3 Å². The summed E-state index contributed by atoms with van der Waals surface area (Å²) in [6, 6.07) is -0.263. The maximum Gasteiger partial charge on any atom is 0.272 e. The number of hydrogen-bond acceptors (Lipinski definition) is 5. The minimum absolute atomic E-state index is 0.0355. The van der Waals surface area contributed by atoms with Gasteiger partial charge in [-0.05, 0) is 5.92 Å². The molecule has 4 rings (SSSR count). The predicted octanol–water partition coefficient (Wildman–Crippen LogP) is -0.0322. The Labute approximate surface area is 138 Å². The summed E-state index contributed by atoms with van der Waals surface area (Å²) in [6.45, 7) is 5.15. The van der Waals surface area contributed by atoms with Gasteiger partial charge in [-0.2, -0.15) is 0 Å². The molecular formula is C16H20N4O4. The third-order valence-electron chi connectivity index (χ3n) is 5.40. The number of likely N-dealkylation sites (tertiary alicyclic amines) is 1. The van der Waals surface area contributed by atoms with E-state index in [1.807, 2.05) is 4.90 Å². The lowest BCUT2D eigenvalue weighted by Crippen LogP contribution is -2.51. The number of aromatic amines is 1. The Morgan fingerprint density at radius 3 is 2.92 bits per heavy atom. The summed E-state index contributed by atoms with van der Waals surface area (Å²) < 4.78 is 6.10. The quantitative estimate of drug-likeness (QED) is 0.820. The number of ether oxygens (including phenoxy) is 1. The molecule has 3 aliphatic rings. The van der Waals surface area contributed by atoms with Crippen molar-refractivity contribution in [3.8, 4) is 0 Å². The van der Waals surface area contributed by atoms with Gasteiger partial charge in [0.25, 0.3) is 11.5 Å². The fourth-order valence-electron chi connectivity index (χ4n) is 4.25. The number of hydrogen-bond donors (Lipinski definition) is 1. The molecule has 8 nitrogen and oxygen atoms in total. The van der Waals surface area contributed by atoms with Crippen LogP contribution in [0.3, 0.4) is 0 Å². The lowest BCUT2D eigenvalue weighted by atomic mass is 10.0. The summed E-state index contributed by atoms with van der Waals surface area (Å²) in [4.78, 5) is 46.6. The van der Waals surface area contributed by atoms with Crippen molar-refractivity contribution < 1.29 is 14.3 Å². The van der Waals surface area contributed by atoms with E-state index in [2.05, 4.69) is 23.8 Å². The van der Waals surface area contributed by atoms with E-state index in [4.69, 9.17) is 4.74 Å². The second-order valence-electron chi connectivity index (χ2n) is 7.01. The first-order valence-electron chi connectivity index (χ1n) is 8.25. The van der Waals surface area contributed by atoms with Gasteiger partial charge in [0.05, 0.1) is 37.5 Å². The van der Waals surface area contributed by atoms with Crippen molar-refractivity contribution in [3.63, 3.8) is 0 Å². The zero-order valence-electron chi connectivity index (χ0n) is 13.7. The van der Waals surface area contributed by atoms with Crippen LogP contribution in [0.15, 0.2) is 17.2 Å². The van der Waals surface area contributed by atoms with Gasteiger partial charge < -0.3 is 19.5 Å². The van der Waals surface area contributed by atoms with Crippen LogP contribution in [0.4, 0.5) is 0 Å². The first kappa shape index (κ1) is 15.3. The maximum atomic E-state index is 12.8. The molecule has 1 spiro atoms. The highest BCUT2D eigenvalue weighted by Gasteiger charge is 2.65. The van der Waals surface area contributed by atoms with Crippen molar-refractivity contribution in [2.45, 2.75) is 44.5 Å². The number of rotatable bonds is 2. The molecule has 3 atom stereocenters. The van der Waals surface area contributed by atoms with E-state index >= 15 is 0 Å². The van der Waals surface area contributed by atoms with E-state index in [0.717, 1.165) is 6.20 Å². The Kier molecular flexibility index (Phi) is 3.28. The molecule has 24 heavy (non-hydrogen) atoms. The molecule has 0 aromatic carbocycles. The molecule has 3 fully saturated rings. The summed E-state index contributed by atoms with van der Waals surface area (Å²) in [5.41, 5.74) is -0.982. The largest absolute Gasteiger partial charge is 0.351 e. The Bertz CT molecular complexity index is 760. The molecule has 0 aliphatic carbocycles. The third-order valence-corrected chi connectivity index (χ3v) is 5.40. The molecule has 0 unspecified atom stereocenters. The van der Waals surface area contributed by atoms with E-state index in [9.17, 15) is 14.4 Å². The minimum atomic E-state index is -0.704. The average molecular weight is 332 g/mol. The van der Waals surface area contributed by atoms with Crippen molar-refractivity contribution in [2.75, 3.05) is 13.2 Å². The SMILES string of the molecule is CC(C)[C@@H]1CO[C@@]23CCN(C(=O)c4cncc(=O)[nH]4)[C@@H]2CC(=O)N13. The van der Waals surface area contributed by atoms with Crippen LogP contribution < -0.4 is 5.56 Å². The number of carbonyl (C=O) groups excluding carboxylic acids is 2. The van der Waals surface area contributed by atoms with Gasteiger partial charge in [-0.3, -0.25) is 19.4 Å². The molecule has 0 radical (unpaired) electrons. The summed E-state index contributed by atoms with van der Waals surface area (Å²) in [5.74, 6) is 0.0215. The van der Waals surface area contributed by atoms with E-state index in [1.54, 1.807) is 4.90 Å². The van der Waals surface area contributed by atoms with Gasteiger partial charge in [0.2, 0.25) is 5.91 Å². The van der Waals surface area contributed by atoms with Crippen molar-refractivity contribution >= 4 is 11.8 Å². The van der Waals surface area contributed by atoms with E-state index in [0.29, 0.717) is 25.5 Å². The standard InChI is InChI=1S/C16H20N4O4/c1-9(2)11-8-24-16-3-4-19(12(16)5-14(22)20(11)16)15(23)10-6-17-7-13(21)18-10/h6-7,9,11-12H,3-5,8H2,1-2H3,(H,18,21)/t11-,12+,16-/m0/s1.